The van der Waals surface area contributed by atoms with Gasteiger partial charge in [-0.3, -0.25) is 0 Å². The number of methoxy groups -OCH3 is 1. The summed E-state index contributed by atoms with van der Waals surface area (Å²) in [7, 11) is 1.59. The summed E-state index contributed by atoms with van der Waals surface area (Å²) in [6.45, 7) is 0. The molecule has 3 heteroatoms. The Kier molecular flexibility index (Phi) is 2.08. The number of hydrogen-bond donors (Lipinski definition) is 1. The molecule has 0 radical (unpaired) electrons. The molecule has 0 aromatic carbocycles. The fourth-order valence-corrected chi connectivity index (χ4v) is 0.709. The van der Waals surface area contributed by atoms with Crippen LogP contribution in [0.25, 0.3) is 0 Å². The number of nitriles is 1. The standard InChI is InChI=1S/C7H8N2O/c1-10-7-4-2-3-6(5-8)9-7/h2-4,7,9H,1H3. The Morgan fingerprint density at radius 1 is 1.80 bits per heavy atom. The lowest BCUT2D eigenvalue weighted by Crippen LogP contribution is -2.29. The van der Waals surface area contributed by atoms with E-state index < -0.39 is 0 Å². The van der Waals surface area contributed by atoms with Gasteiger partial charge in [0.2, 0.25) is 0 Å². The van der Waals surface area contributed by atoms with Gasteiger partial charge in [-0.15, -0.1) is 0 Å². The Hall–Kier alpha value is -1.27. The lowest BCUT2D eigenvalue weighted by Gasteiger charge is -2.15. The quantitative estimate of drug-likeness (QED) is 0.571. The van der Waals surface area contributed by atoms with Crippen LogP contribution in [0, 0.1) is 11.3 Å². The van der Waals surface area contributed by atoms with Crippen molar-refractivity contribution in [3.05, 3.63) is 23.9 Å². The molecule has 0 bridgehead atoms. The van der Waals surface area contributed by atoms with Crippen LogP contribution in [0.3, 0.4) is 0 Å². The molecule has 10 heavy (non-hydrogen) atoms. The third-order valence-electron chi connectivity index (χ3n) is 1.22. The minimum absolute atomic E-state index is 0.153. The molecule has 1 aliphatic heterocycles. The van der Waals surface area contributed by atoms with Crippen LogP contribution < -0.4 is 5.32 Å². The molecule has 1 heterocycles. The highest BCUT2D eigenvalue weighted by Crippen LogP contribution is 2.00. The van der Waals surface area contributed by atoms with E-state index in [2.05, 4.69) is 5.32 Å². The van der Waals surface area contributed by atoms with Crippen molar-refractivity contribution in [1.82, 2.24) is 5.32 Å². The topological polar surface area (TPSA) is 45.0 Å². The molecule has 0 amide bonds. The first-order chi connectivity index (χ1) is 4.86. The van der Waals surface area contributed by atoms with Crippen molar-refractivity contribution in [2.45, 2.75) is 6.23 Å². The third kappa shape index (κ3) is 1.36. The SMILES string of the molecule is COC1C=CC=C(C#N)N1. The van der Waals surface area contributed by atoms with Gasteiger partial charge >= 0.3 is 0 Å². The van der Waals surface area contributed by atoms with Crippen molar-refractivity contribution in [1.29, 1.82) is 5.26 Å². The summed E-state index contributed by atoms with van der Waals surface area (Å²) in [6.07, 6.45) is 5.18. The number of nitrogens with zero attached hydrogens (tertiary/aromatic N) is 1. The maximum atomic E-state index is 8.43. The minimum Gasteiger partial charge on any atom is -0.358 e. The first-order valence-corrected chi connectivity index (χ1v) is 2.94. The normalized spacial score (nSPS) is 22.8. The highest BCUT2D eigenvalue weighted by molar-refractivity contribution is 5.28. The van der Waals surface area contributed by atoms with Gasteiger partial charge < -0.3 is 10.1 Å². The van der Waals surface area contributed by atoms with Crippen LogP contribution in [-0.4, -0.2) is 13.3 Å². The summed E-state index contributed by atoms with van der Waals surface area (Å²) in [5.41, 5.74) is 0.536. The molecule has 0 saturated carbocycles. The molecule has 0 aromatic heterocycles. The van der Waals surface area contributed by atoms with Crippen LogP contribution in [0.4, 0.5) is 0 Å². The average Bonchev–Trinajstić information content (AvgIpc) is 2.05. The predicted octanol–water partition coefficient (Wildman–Crippen LogP) is 0.526. The van der Waals surface area contributed by atoms with E-state index in [1.54, 1.807) is 19.3 Å². The smallest absolute Gasteiger partial charge is 0.147 e. The van der Waals surface area contributed by atoms with Gasteiger partial charge in [0.15, 0.2) is 0 Å². The van der Waals surface area contributed by atoms with Crippen molar-refractivity contribution < 1.29 is 4.74 Å². The van der Waals surface area contributed by atoms with E-state index in [-0.39, 0.29) is 6.23 Å². The second-order valence-electron chi connectivity index (χ2n) is 1.88. The van der Waals surface area contributed by atoms with Crippen LogP contribution in [0.5, 0.6) is 0 Å². The van der Waals surface area contributed by atoms with Crippen LogP contribution in [-0.2, 0) is 4.74 Å². The molecule has 0 fully saturated rings. The van der Waals surface area contributed by atoms with Crippen LogP contribution in [0.15, 0.2) is 23.9 Å². The average molecular weight is 136 g/mol. The number of dihydropyridines is 1. The molecule has 1 unspecified atom stereocenters. The van der Waals surface area contributed by atoms with E-state index in [4.69, 9.17) is 10.00 Å². The Balaban J connectivity index is 2.61. The Labute approximate surface area is 59.6 Å². The highest BCUT2D eigenvalue weighted by atomic mass is 16.5. The van der Waals surface area contributed by atoms with Gasteiger partial charge in [-0.05, 0) is 12.2 Å². The molecule has 1 aliphatic rings. The van der Waals surface area contributed by atoms with E-state index >= 15 is 0 Å². The van der Waals surface area contributed by atoms with Crippen molar-refractivity contribution >= 4 is 0 Å². The molecular weight excluding hydrogens is 128 g/mol. The Bertz CT molecular complexity index is 212. The molecule has 1 atom stereocenters. The summed E-state index contributed by atoms with van der Waals surface area (Å²) in [5.74, 6) is 0. The number of rotatable bonds is 1. The summed E-state index contributed by atoms with van der Waals surface area (Å²) in [4.78, 5) is 0. The van der Waals surface area contributed by atoms with Gasteiger partial charge in [0.05, 0.1) is 0 Å². The summed E-state index contributed by atoms with van der Waals surface area (Å²) in [5, 5.41) is 11.3. The van der Waals surface area contributed by atoms with Gasteiger partial charge in [0.1, 0.15) is 18.0 Å². The van der Waals surface area contributed by atoms with E-state index in [0.717, 1.165) is 0 Å². The van der Waals surface area contributed by atoms with Crippen LogP contribution >= 0.6 is 0 Å². The summed E-state index contributed by atoms with van der Waals surface area (Å²) >= 11 is 0. The fraction of sp³-hybridized carbons (Fsp3) is 0.286. The Morgan fingerprint density at radius 2 is 2.60 bits per heavy atom. The second kappa shape index (κ2) is 3.04. The van der Waals surface area contributed by atoms with Gasteiger partial charge in [-0.2, -0.15) is 5.26 Å². The summed E-state index contributed by atoms with van der Waals surface area (Å²) < 4.78 is 4.93. The molecule has 0 aromatic rings. The zero-order chi connectivity index (χ0) is 7.40. The van der Waals surface area contributed by atoms with Gasteiger partial charge in [-0.1, -0.05) is 6.08 Å². The highest BCUT2D eigenvalue weighted by Gasteiger charge is 2.05. The lowest BCUT2D eigenvalue weighted by atomic mass is 10.3. The van der Waals surface area contributed by atoms with Gasteiger partial charge in [0, 0.05) is 7.11 Å². The zero-order valence-electron chi connectivity index (χ0n) is 5.66. The molecule has 3 nitrogen and oxygen atoms in total. The molecule has 0 spiro atoms. The number of hydrogen-bond acceptors (Lipinski definition) is 3. The molecule has 1 N–H and O–H groups in total. The Morgan fingerprint density at radius 3 is 3.20 bits per heavy atom. The summed E-state index contributed by atoms with van der Waals surface area (Å²) in [6, 6.07) is 1.99. The van der Waals surface area contributed by atoms with E-state index in [1.165, 1.54) is 0 Å². The third-order valence-corrected chi connectivity index (χ3v) is 1.22. The molecule has 0 saturated heterocycles. The first-order valence-electron chi connectivity index (χ1n) is 2.94. The van der Waals surface area contributed by atoms with Crippen LogP contribution in [0.1, 0.15) is 0 Å². The zero-order valence-corrected chi connectivity index (χ0v) is 5.66. The molecule has 52 valence electrons. The lowest BCUT2D eigenvalue weighted by molar-refractivity contribution is 0.121. The molecule has 1 rings (SSSR count). The van der Waals surface area contributed by atoms with E-state index in [9.17, 15) is 0 Å². The molecular formula is C7H8N2O. The second-order valence-corrected chi connectivity index (χ2v) is 1.88. The van der Waals surface area contributed by atoms with E-state index in [1.807, 2.05) is 12.1 Å². The fourth-order valence-electron chi connectivity index (χ4n) is 0.709. The monoisotopic (exact) mass is 136 g/mol. The number of allylic oxidation sites excluding steroid dienone is 3. The van der Waals surface area contributed by atoms with Crippen molar-refractivity contribution in [2.75, 3.05) is 7.11 Å². The predicted molar refractivity (Wildman–Crippen MR) is 36.8 cm³/mol. The maximum absolute atomic E-state index is 8.43. The van der Waals surface area contributed by atoms with Gasteiger partial charge in [-0.25, -0.2) is 0 Å². The minimum atomic E-state index is -0.153. The van der Waals surface area contributed by atoms with Crippen molar-refractivity contribution in [3.63, 3.8) is 0 Å². The number of ether oxygens (including phenoxy) is 1. The van der Waals surface area contributed by atoms with Crippen molar-refractivity contribution in [2.24, 2.45) is 0 Å². The van der Waals surface area contributed by atoms with Crippen LogP contribution in [0.2, 0.25) is 0 Å². The largest absolute Gasteiger partial charge is 0.358 e. The first kappa shape index (κ1) is 6.84. The molecule has 0 aliphatic carbocycles. The van der Waals surface area contributed by atoms with E-state index in [0.29, 0.717) is 5.70 Å². The van der Waals surface area contributed by atoms with Gasteiger partial charge in [0.25, 0.3) is 0 Å². The number of nitrogens with one attached hydrogen (secondary N) is 1. The maximum Gasteiger partial charge on any atom is 0.147 e. The van der Waals surface area contributed by atoms with Crippen molar-refractivity contribution in [3.8, 4) is 6.07 Å².